The molecule has 2 saturated heterocycles. The van der Waals surface area contributed by atoms with Crippen LogP contribution in [0.5, 0.6) is 0 Å². The molecule has 2 N–H and O–H groups in total. The molecule has 2 aliphatic rings. The fourth-order valence-electron chi connectivity index (χ4n) is 1.61. The standard InChI is InChI=1S/C7H14N2O/c8-3-6-1-2-9(6)7-4-10-5-7/h6-7H,1-5,8H2. The minimum Gasteiger partial charge on any atom is -0.378 e. The van der Waals surface area contributed by atoms with Crippen molar-refractivity contribution in [1.82, 2.24) is 4.90 Å². The minimum atomic E-state index is 0.661. The first-order chi connectivity index (χ1) is 4.92. The normalized spacial score (nSPS) is 35.1. The first-order valence-corrected chi connectivity index (χ1v) is 3.95. The summed E-state index contributed by atoms with van der Waals surface area (Å²) in [4.78, 5) is 2.46. The van der Waals surface area contributed by atoms with Gasteiger partial charge in [-0.3, -0.25) is 4.90 Å². The fourth-order valence-corrected chi connectivity index (χ4v) is 1.61. The van der Waals surface area contributed by atoms with Crippen molar-refractivity contribution in [3.8, 4) is 0 Å². The van der Waals surface area contributed by atoms with Crippen LogP contribution in [0, 0.1) is 0 Å². The van der Waals surface area contributed by atoms with Crippen LogP contribution >= 0.6 is 0 Å². The van der Waals surface area contributed by atoms with E-state index in [1.54, 1.807) is 0 Å². The van der Waals surface area contributed by atoms with Gasteiger partial charge in [0.2, 0.25) is 0 Å². The van der Waals surface area contributed by atoms with Crippen molar-refractivity contribution >= 4 is 0 Å². The zero-order chi connectivity index (χ0) is 6.97. The summed E-state index contributed by atoms with van der Waals surface area (Å²) in [5.74, 6) is 0. The SMILES string of the molecule is NCC1CCN1C1COC1. The van der Waals surface area contributed by atoms with E-state index >= 15 is 0 Å². The summed E-state index contributed by atoms with van der Waals surface area (Å²) in [5, 5.41) is 0. The predicted octanol–water partition coefficient (Wildman–Crippen LogP) is -0.582. The highest BCUT2D eigenvalue weighted by Crippen LogP contribution is 2.23. The largest absolute Gasteiger partial charge is 0.378 e. The second-order valence-electron chi connectivity index (χ2n) is 3.11. The highest BCUT2D eigenvalue weighted by Gasteiger charge is 2.36. The molecule has 0 amide bonds. The van der Waals surface area contributed by atoms with Gasteiger partial charge in [-0.15, -0.1) is 0 Å². The number of hydrogen-bond acceptors (Lipinski definition) is 3. The average molecular weight is 142 g/mol. The Kier molecular flexibility index (Phi) is 1.64. The molecule has 2 rings (SSSR count). The van der Waals surface area contributed by atoms with Crippen LogP contribution in [0.3, 0.4) is 0 Å². The van der Waals surface area contributed by atoms with Crippen molar-refractivity contribution in [1.29, 1.82) is 0 Å². The maximum absolute atomic E-state index is 5.56. The molecule has 58 valence electrons. The van der Waals surface area contributed by atoms with Crippen molar-refractivity contribution in [2.75, 3.05) is 26.3 Å². The van der Waals surface area contributed by atoms with E-state index in [4.69, 9.17) is 10.5 Å². The Hall–Kier alpha value is -0.120. The number of likely N-dealkylation sites (tertiary alicyclic amines) is 1. The van der Waals surface area contributed by atoms with Crippen LogP contribution in [-0.4, -0.2) is 43.3 Å². The highest BCUT2D eigenvalue weighted by molar-refractivity contribution is 4.91. The van der Waals surface area contributed by atoms with E-state index in [1.165, 1.54) is 13.0 Å². The molecule has 3 heteroatoms. The Morgan fingerprint density at radius 3 is 2.60 bits per heavy atom. The molecule has 2 heterocycles. The number of ether oxygens (including phenoxy) is 1. The molecule has 2 fully saturated rings. The maximum Gasteiger partial charge on any atom is 0.0645 e. The molecule has 1 unspecified atom stereocenters. The molecule has 3 nitrogen and oxygen atoms in total. The van der Waals surface area contributed by atoms with Gasteiger partial charge in [-0.25, -0.2) is 0 Å². The first-order valence-electron chi connectivity index (χ1n) is 3.95. The second-order valence-corrected chi connectivity index (χ2v) is 3.11. The zero-order valence-corrected chi connectivity index (χ0v) is 6.12. The van der Waals surface area contributed by atoms with E-state index in [9.17, 15) is 0 Å². The van der Waals surface area contributed by atoms with Crippen LogP contribution in [-0.2, 0) is 4.74 Å². The fraction of sp³-hybridized carbons (Fsp3) is 1.00. The maximum atomic E-state index is 5.56. The lowest BCUT2D eigenvalue weighted by atomic mass is 9.99. The third-order valence-corrected chi connectivity index (χ3v) is 2.55. The summed E-state index contributed by atoms with van der Waals surface area (Å²) < 4.78 is 5.10. The van der Waals surface area contributed by atoms with Gasteiger partial charge in [-0.2, -0.15) is 0 Å². The van der Waals surface area contributed by atoms with Crippen LogP contribution in [0.1, 0.15) is 6.42 Å². The van der Waals surface area contributed by atoms with E-state index < -0.39 is 0 Å². The first kappa shape index (κ1) is 6.58. The topological polar surface area (TPSA) is 38.5 Å². The van der Waals surface area contributed by atoms with Crippen molar-refractivity contribution in [2.45, 2.75) is 18.5 Å². The molecule has 2 aliphatic heterocycles. The van der Waals surface area contributed by atoms with Crippen LogP contribution < -0.4 is 5.73 Å². The number of nitrogens with zero attached hydrogens (tertiary/aromatic N) is 1. The third kappa shape index (κ3) is 0.856. The summed E-state index contributed by atoms with van der Waals surface area (Å²) in [6.45, 7) is 3.90. The summed E-state index contributed by atoms with van der Waals surface area (Å²) in [5.41, 5.74) is 5.56. The molecule has 0 spiro atoms. The van der Waals surface area contributed by atoms with Crippen LogP contribution in [0.2, 0.25) is 0 Å². The summed E-state index contributed by atoms with van der Waals surface area (Å²) in [7, 11) is 0. The molecule has 1 atom stereocenters. The van der Waals surface area contributed by atoms with E-state index in [1.807, 2.05) is 0 Å². The van der Waals surface area contributed by atoms with Crippen molar-refractivity contribution < 1.29 is 4.74 Å². The zero-order valence-electron chi connectivity index (χ0n) is 6.12. The Bertz CT molecular complexity index is 115. The molecule has 0 aliphatic carbocycles. The van der Waals surface area contributed by atoms with Crippen LogP contribution in [0.15, 0.2) is 0 Å². The molecule has 0 bridgehead atoms. The molecular formula is C7H14N2O. The third-order valence-electron chi connectivity index (χ3n) is 2.55. The van der Waals surface area contributed by atoms with Gasteiger partial charge >= 0.3 is 0 Å². The molecule has 0 aromatic rings. The molecule has 0 radical (unpaired) electrons. The Morgan fingerprint density at radius 1 is 1.50 bits per heavy atom. The van der Waals surface area contributed by atoms with Gasteiger partial charge in [-0.05, 0) is 6.42 Å². The lowest BCUT2D eigenvalue weighted by molar-refractivity contribution is -0.106. The minimum absolute atomic E-state index is 0.661. The van der Waals surface area contributed by atoms with Crippen LogP contribution in [0.4, 0.5) is 0 Å². The van der Waals surface area contributed by atoms with E-state index in [-0.39, 0.29) is 0 Å². The molecular weight excluding hydrogens is 128 g/mol. The van der Waals surface area contributed by atoms with Crippen molar-refractivity contribution in [2.24, 2.45) is 5.73 Å². The molecule has 0 aromatic carbocycles. The number of hydrogen-bond donors (Lipinski definition) is 1. The predicted molar refractivity (Wildman–Crippen MR) is 38.8 cm³/mol. The molecule has 10 heavy (non-hydrogen) atoms. The molecule has 0 saturated carbocycles. The summed E-state index contributed by atoms with van der Waals surface area (Å²) in [6, 6.07) is 1.36. The average Bonchev–Trinajstić information content (AvgIpc) is 1.77. The number of nitrogens with two attached hydrogens (primary N) is 1. The quantitative estimate of drug-likeness (QED) is 0.560. The van der Waals surface area contributed by atoms with E-state index in [2.05, 4.69) is 4.90 Å². The van der Waals surface area contributed by atoms with Gasteiger partial charge < -0.3 is 10.5 Å². The smallest absolute Gasteiger partial charge is 0.0645 e. The summed E-state index contributed by atoms with van der Waals surface area (Å²) >= 11 is 0. The monoisotopic (exact) mass is 142 g/mol. The van der Waals surface area contributed by atoms with Gasteiger partial charge in [0.15, 0.2) is 0 Å². The second kappa shape index (κ2) is 2.49. The lowest BCUT2D eigenvalue weighted by Crippen LogP contribution is -2.62. The van der Waals surface area contributed by atoms with Gasteiger partial charge in [0.05, 0.1) is 19.3 Å². The number of rotatable bonds is 2. The van der Waals surface area contributed by atoms with Crippen LogP contribution in [0.25, 0.3) is 0 Å². The molecule has 0 aromatic heterocycles. The summed E-state index contributed by atoms with van der Waals surface area (Å²) in [6.07, 6.45) is 1.28. The Morgan fingerprint density at radius 2 is 2.30 bits per heavy atom. The van der Waals surface area contributed by atoms with Crippen molar-refractivity contribution in [3.63, 3.8) is 0 Å². The highest BCUT2D eigenvalue weighted by atomic mass is 16.5. The van der Waals surface area contributed by atoms with Crippen molar-refractivity contribution in [3.05, 3.63) is 0 Å². The van der Waals surface area contributed by atoms with Gasteiger partial charge in [-0.1, -0.05) is 0 Å². The van der Waals surface area contributed by atoms with Gasteiger partial charge in [0, 0.05) is 19.1 Å². The van der Waals surface area contributed by atoms with E-state index in [0.717, 1.165) is 19.8 Å². The lowest BCUT2D eigenvalue weighted by Gasteiger charge is -2.48. The Balaban J connectivity index is 1.81. The van der Waals surface area contributed by atoms with Gasteiger partial charge in [0.1, 0.15) is 0 Å². The van der Waals surface area contributed by atoms with E-state index in [0.29, 0.717) is 12.1 Å². The Labute approximate surface area is 61.1 Å². The van der Waals surface area contributed by atoms with Gasteiger partial charge in [0.25, 0.3) is 0 Å².